The Morgan fingerprint density at radius 1 is 1.26 bits per heavy atom. The van der Waals surface area contributed by atoms with Crippen molar-refractivity contribution in [2.45, 2.75) is 12.1 Å². The molecule has 1 aromatic rings. The van der Waals surface area contributed by atoms with E-state index >= 15 is 0 Å². The van der Waals surface area contributed by atoms with Crippen molar-refractivity contribution in [2.75, 3.05) is 19.8 Å². The number of halogens is 1. The van der Waals surface area contributed by atoms with Crippen LogP contribution in [0.25, 0.3) is 0 Å². The van der Waals surface area contributed by atoms with Crippen molar-refractivity contribution in [1.29, 1.82) is 0 Å². The standard InChI is InChI=1S/C11H15FN2O5/c12-10-8(2-1-3-9(10)14(18)19)4-13-11(5-15,6-16)7-17/h1-3,13,15-17H,4-7H2. The third kappa shape index (κ3) is 3.44. The molecule has 0 aliphatic rings. The summed E-state index contributed by atoms with van der Waals surface area (Å²) in [5.74, 6) is -0.984. The van der Waals surface area contributed by atoms with E-state index in [4.69, 9.17) is 15.3 Å². The van der Waals surface area contributed by atoms with E-state index in [1.54, 1.807) is 0 Å². The van der Waals surface area contributed by atoms with Gasteiger partial charge in [0.1, 0.15) is 0 Å². The Morgan fingerprint density at radius 3 is 2.32 bits per heavy atom. The quantitative estimate of drug-likeness (QED) is 0.395. The van der Waals surface area contributed by atoms with Crippen LogP contribution in [0.2, 0.25) is 0 Å². The average Bonchev–Trinajstić information content (AvgIpc) is 2.42. The minimum Gasteiger partial charge on any atom is -0.394 e. The van der Waals surface area contributed by atoms with E-state index in [9.17, 15) is 14.5 Å². The normalized spacial score (nSPS) is 11.6. The minimum absolute atomic E-state index is 0.00826. The topological polar surface area (TPSA) is 116 Å². The summed E-state index contributed by atoms with van der Waals surface area (Å²) < 4.78 is 13.7. The van der Waals surface area contributed by atoms with Gasteiger partial charge in [0.15, 0.2) is 0 Å². The third-order valence-corrected chi connectivity index (χ3v) is 2.82. The van der Waals surface area contributed by atoms with E-state index in [2.05, 4.69) is 5.32 Å². The van der Waals surface area contributed by atoms with E-state index in [-0.39, 0.29) is 12.1 Å². The van der Waals surface area contributed by atoms with Crippen molar-refractivity contribution in [2.24, 2.45) is 0 Å². The lowest BCUT2D eigenvalue weighted by molar-refractivity contribution is -0.387. The average molecular weight is 274 g/mol. The van der Waals surface area contributed by atoms with Crippen LogP contribution in [0, 0.1) is 15.9 Å². The third-order valence-electron chi connectivity index (χ3n) is 2.82. The molecule has 0 unspecified atom stereocenters. The fourth-order valence-electron chi connectivity index (χ4n) is 1.44. The first-order valence-corrected chi connectivity index (χ1v) is 5.49. The monoisotopic (exact) mass is 274 g/mol. The van der Waals surface area contributed by atoms with Crippen LogP contribution in [0.15, 0.2) is 18.2 Å². The zero-order chi connectivity index (χ0) is 14.5. The number of nitrogens with one attached hydrogen (secondary N) is 1. The zero-order valence-electron chi connectivity index (χ0n) is 10.0. The van der Waals surface area contributed by atoms with Crippen molar-refractivity contribution >= 4 is 5.69 Å². The molecule has 0 aliphatic heterocycles. The predicted octanol–water partition coefficient (Wildman–Crippen LogP) is -0.461. The Bertz CT molecular complexity index is 442. The summed E-state index contributed by atoms with van der Waals surface area (Å²) in [4.78, 5) is 9.73. The van der Waals surface area contributed by atoms with Crippen LogP contribution in [0.4, 0.5) is 10.1 Å². The maximum atomic E-state index is 13.7. The molecular weight excluding hydrogens is 259 g/mol. The molecule has 0 saturated heterocycles. The van der Waals surface area contributed by atoms with E-state index in [1.165, 1.54) is 12.1 Å². The maximum absolute atomic E-state index is 13.7. The van der Waals surface area contributed by atoms with Gasteiger partial charge in [-0.25, -0.2) is 0 Å². The molecule has 0 saturated carbocycles. The Labute approximate surface area is 108 Å². The van der Waals surface area contributed by atoms with Crippen LogP contribution in [0.1, 0.15) is 5.56 Å². The van der Waals surface area contributed by atoms with Crippen molar-refractivity contribution in [3.05, 3.63) is 39.7 Å². The summed E-state index contributed by atoms with van der Waals surface area (Å²) in [6.45, 7) is -1.85. The number of hydrogen-bond donors (Lipinski definition) is 4. The molecule has 0 radical (unpaired) electrons. The van der Waals surface area contributed by atoms with Gasteiger partial charge in [-0.3, -0.25) is 10.1 Å². The van der Waals surface area contributed by atoms with Gasteiger partial charge < -0.3 is 20.6 Å². The SMILES string of the molecule is O=[N+]([O-])c1cccc(CNC(CO)(CO)CO)c1F. The summed E-state index contributed by atoms with van der Waals surface area (Å²) in [5, 5.41) is 40.4. The molecule has 0 spiro atoms. The van der Waals surface area contributed by atoms with Gasteiger partial charge in [0.2, 0.25) is 5.82 Å². The molecule has 1 aromatic carbocycles. The molecule has 0 aromatic heterocycles. The molecule has 4 N–H and O–H groups in total. The second kappa shape index (κ2) is 6.53. The second-order valence-corrected chi connectivity index (χ2v) is 4.12. The number of hydrogen-bond acceptors (Lipinski definition) is 6. The number of nitrogens with zero attached hydrogens (tertiary/aromatic N) is 1. The minimum atomic E-state index is -1.36. The first-order chi connectivity index (χ1) is 8.99. The van der Waals surface area contributed by atoms with E-state index in [1.807, 2.05) is 0 Å². The first kappa shape index (κ1) is 15.4. The highest BCUT2D eigenvalue weighted by Gasteiger charge is 2.28. The summed E-state index contributed by atoms with van der Waals surface area (Å²) in [5.41, 5.74) is -2.01. The molecule has 0 aliphatic carbocycles. The molecule has 0 fully saturated rings. The van der Waals surface area contributed by atoms with Gasteiger partial charge in [0.05, 0.1) is 30.3 Å². The van der Waals surface area contributed by atoms with Crippen LogP contribution in [-0.4, -0.2) is 45.6 Å². The van der Waals surface area contributed by atoms with Gasteiger partial charge in [-0.1, -0.05) is 12.1 Å². The molecule has 1 rings (SSSR count). The van der Waals surface area contributed by atoms with Crippen LogP contribution >= 0.6 is 0 Å². The molecule has 7 nitrogen and oxygen atoms in total. The van der Waals surface area contributed by atoms with Crippen LogP contribution in [-0.2, 0) is 6.54 Å². The van der Waals surface area contributed by atoms with Crippen LogP contribution in [0.5, 0.6) is 0 Å². The maximum Gasteiger partial charge on any atom is 0.305 e. The van der Waals surface area contributed by atoms with Gasteiger partial charge in [-0.2, -0.15) is 4.39 Å². The van der Waals surface area contributed by atoms with Gasteiger partial charge in [0, 0.05) is 18.2 Å². The highest BCUT2D eigenvalue weighted by atomic mass is 19.1. The lowest BCUT2D eigenvalue weighted by Gasteiger charge is -2.28. The lowest BCUT2D eigenvalue weighted by Crippen LogP contribution is -2.54. The number of nitro groups is 1. The van der Waals surface area contributed by atoms with E-state index in [0.29, 0.717) is 0 Å². The molecule has 0 bridgehead atoms. The fraction of sp³-hybridized carbons (Fsp3) is 0.455. The summed E-state index contributed by atoms with van der Waals surface area (Å²) in [6.07, 6.45) is 0. The number of rotatable bonds is 7. The first-order valence-electron chi connectivity index (χ1n) is 5.49. The van der Waals surface area contributed by atoms with Crippen LogP contribution in [0.3, 0.4) is 0 Å². The Morgan fingerprint density at radius 2 is 1.84 bits per heavy atom. The highest BCUT2D eigenvalue weighted by Crippen LogP contribution is 2.20. The fourth-order valence-corrected chi connectivity index (χ4v) is 1.44. The predicted molar refractivity (Wildman–Crippen MR) is 63.9 cm³/mol. The van der Waals surface area contributed by atoms with Gasteiger partial charge in [-0.05, 0) is 0 Å². The molecule has 0 atom stereocenters. The number of nitro benzene ring substituents is 1. The smallest absolute Gasteiger partial charge is 0.305 e. The van der Waals surface area contributed by atoms with Crippen LogP contribution < -0.4 is 5.32 Å². The molecule has 106 valence electrons. The summed E-state index contributed by atoms with van der Waals surface area (Å²) in [7, 11) is 0. The summed E-state index contributed by atoms with van der Waals surface area (Å²) in [6, 6.07) is 3.71. The lowest BCUT2D eigenvalue weighted by atomic mass is 10.0. The number of aliphatic hydroxyl groups is 3. The Balaban J connectivity index is 2.89. The van der Waals surface area contributed by atoms with Gasteiger partial charge in [-0.15, -0.1) is 0 Å². The molecule has 0 amide bonds. The number of benzene rings is 1. The van der Waals surface area contributed by atoms with Crippen molar-refractivity contribution in [3.8, 4) is 0 Å². The van der Waals surface area contributed by atoms with Gasteiger partial charge in [0.25, 0.3) is 0 Å². The number of aliphatic hydroxyl groups excluding tert-OH is 3. The van der Waals surface area contributed by atoms with Crippen molar-refractivity contribution < 1.29 is 24.6 Å². The largest absolute Gasteiger partial charge is 0.394 e. The zero-order valence-corrected chi connectivity index (χ0v) is 10.0. The summed E-state index contributed by atoms with van der Waals surface area (Å²) >= 11 is 0. The van der Waals surface area contributed by atoms with Gasteiger partial charge >= 0.3 is 5.69 Å². The molecular formula is C11H15FN2O5. The van der Waals surface area contributed by atoms with Crippen molar-refractivity contribution in [1.82, 2.24) is 5.32 Å². The Hall–Kier alpha value is -1.61. The van der Waals surface area contributed by atoms with Crippen molar-refractivity contribution in [3.63, 3.8) is 0 Å². The van der Waals surface area contributed by atoms with E-state index in [0.717, 1.165) is 6.07 Å². The highest BCUT2D eigenvalue weighted by molar-refractivity contribution is 5.36. The Kier molecular flexibility index (Phi) is 5.31. The molecule has 8 heteroatoms. The molecule has 19 heavy (non-hydrogen) atoms. The molecule has 0 heterocycles. The van der Waals surface area contributed by atoms with E-state index < -0.39 is 41.8 Å². The second-order valence-electron chi connectivity index (χ2n) is 4.12.